The molecule has 6 nitrogen and oxygen atoms in total. The van der Waals surface area contributed by atoms with Crippen LogP contribution < -0.4 is 4.90 Å². The number of aryl methyl sites for hydroxylation is 3. The lowest BCUT2D eigenvalue weighted by atomic mass is 9.88. The molecule has 2 N–H and O–H groups in total. The summed E-state index contributed by atoms with van der Waals surface area (Å²) in [6.45, 7) is 1.96. The van der Waals surface area contributed by atoms with E-state index in [1.807, 2.05) is 73.7 Å². The zero-order valence-electron chi connectivity index (χ0n) is 19.4. The SMILES string of the molecule is Cc1cccc(C2/C(=C(\O)c3ccc4c(c3)CCCC4)C(=O)C(=O)N2c2nc3ccccc3[nH]2)c1. The van der Waals surface area contributed by atoms with E-state index in [1.165, 1.54) is 16.0 Å². The van der Waals surface area contributed by atoms with E-state index in [4.69, 9.17) is 0 Å². The molecule has 6 heteroatoms. The molecule has 1 atom stereocenters. The second-order valence-electron chi connectivity index (χ2n) is 9.35. The largest absolute Gasteiger partial charge is 0.507 e. The lowest BCUT2D eigenvalue weighted by Crippen LogP contribution is -2.30. The summed E-state index contributed by atoms with van der Waals surface area (Å²) in [5.74, 6) is -1.30. The highest BCUT2D eigenvalue weighted by Gasteiger charge is 2.48. The van der Waals surface area contributed by atoms with Gasteiger partial charge in [0.1, 0.15) is 5.76 Å². The average Bonchev–Trinajstić information content (AvgIpc) is 3.41. The molecular weight excluding hydrogens is 438 g/mol. The van der Waals surface area contributed by atoms with Crippen LogP contribution in [0.15, 0.2) is 72.3 Å². The smallest absolute Gasteiger partial charge is 0.302 e. The Morgan fingerprint density at radius 2 is 1.77 bits per heavy atom. The fraction of sp³-hybridized carbons (Fsp3) is 0.207. The Balaban J connectivity index is 1.55. The molecule has 0 bridgehead atoms. The van der Waals surface area contributed by atoms with Gasteiger partial charge in [-0.1, -0.05) is 54.1 Å². The Bertz CT molecular complexity index is 1500. The van der Waals surface area contributed by atoms with Crippen LogP contribution in [0.1, 0.15) is 46.7 Å². The summed E-state index contributed by atoms with van der Waals surface area (Å²) in [4.78, 5) is 36.0. The predicted octanol–water partition coefficient (Wildman–Crippen LogP) is 5.38. The number of hydrogen-bond donors (Lipinski definition) is 2. The molecule has 2 heterocycles. The zero-order chi connectivity index (χ0) is 24.1. The van der Waals surface area contributed by atoms with E-state index in [1.54, 1.807) is 0 Å². The number of ketones is 1. The van der Waals surface area contributed by atoms with Crippen LogP contribution >= 0.6 is 0 Å². The molecule has 0 saturated carbocycles. The molecule has 174 valence electrons. The van der Waals surface area contributed by atoms with Crippen LogP contribution in [0.25, 0.3) is 16.8 Å². The molecule has 0 radical (unpaired) electrons. The number of amides is 1. The number of Topliss-reactive ketones (excluding diaryl/α,β-unsaturated/α-hetero) is 1. The van der Waals surface area contributed by atoms with Crippen LogP contribution in [0.3, 0.4) is 0 Å². The third-order valence-corrected chi connectivity index (χ3v) is 7.03. The van der Waals surface area contributed by atoms with Gasteiger partial charge >= 0.3 is 5.91 Å². The second kappa shape index (κ2) is 8.24. The summed E-state index contributed by atoms with van der Waals surface area (Å²) < 4.78 is 0. The summed E-state index contributed by atoms with van der Waals surface area (Å²) in [5, 5.41) is 11.5. The number of nitrogens with zero attached hydrogens (tertiary/aromatic N) is 2. The van der Waals surface area contributed by atoms with Crippen molar-refractivity contribution in [1.82, 2.24) is 9.97 Å². The van der Waals surface area contributed by atoms with Gasteiger partial charge in [-0.15, -0.1) is 0 Å². The molecule has 0 spiro atoms. The minimum atomic E-state index is -0.800. The number of fused-ring (bicyclic) bond motifs is 2. The number of nitrogens with one attached hydrogen (secondary N) is 1. The molecule has 1 aliphatic heterocycles. The molecule has 35 heavy (non-hydrogen) atoms. The molecule has 4 aromatic rings. The van der Waals surface area contributed by atoms with Crippen molar-refractivity contribution < 1.29 is 14.7 Å². The van der Waals surface area contributed by atoms with Crippen LogP contribution in [0.4, 0.5) is 5.95 Å². The summed E-state index contributed by atoms with van der Waals surface area (Å²) in [5.41, 5.74) is 6.31. The van der Waals surface area contributed by atoms with E-state index in [-0.39, 0.29) is 17.3 Å². The highest BCUT2D eigenvalue weighted by Crippen LogP contribution is 2.42. The molecule has 6 rings (SSSR count). The van der Waals surface area contributed by atoms with Gasteiger partial charge < -0.3 is 10.1 Å². The fourth-order valence-corrected chi connectivity index (χ4v) is 5.30. The lowest BCUT2D eigenvalue weighted by molar-refractivity contribution is -0.132. The number of H-pyrrole nitrogens is 1. The Morgan fingerprint density at radius 1 is 0.971 bits per heavy atom. The van der Waals surface area contributed by atoms with Crippen molar-refractivity contribution >= 4 is 34.4 Å². The molecule has 1 aliphatic carbocycles. The number of hydrogen-bond acceptors (Lipinski definition) is 4. The summed E-state index contributed by atoms with van der Waals surface area (Å²) in [6.07, 6.45) is 4.24. The van der Waals surface area contributed by atoms with E-state index in [0.717, 1.165) is 42.3 Å². The zero-order valence-corrected chi connectivity index (χ0v) is 19.4. The van der Waals surface area contributed by atoms with Crippen molar-refractivity contribution in [2.75, 3.05) is 4.90 Å². The number of benzene rings is 3. The van der Waals surface area contributed by atoms with Gasteiger partial charge in [0.25, 0.3) is 5.78 Å². The maximum absolute atomic E-state index is 13.4. The first-order chi connectivity index (χ1) is 17.0. The van der Waals surface area contributed by atoms with Crippen LogP contribution in [0.5, 0.6) is 0 Å². The summed E-state index contributed by atoms with van der Waals surface area (Å²) >= 11 is 0. The number of aliphatic hydroxyl groups excluding tert-OH is 1. The van der Waals surface area contributed by atoms with Gasteiger partial charge in [0, 0.05) is 5.56 Å². The maximum Gasteiger partial charge on any atom is 0.302 e. The molecular formula is C29H25N3O3. The van der Waals surface area contributed by atoms with Crippen molar-refractivity contribution in [3.8, 4) is 0 Å². The van der Waals surface area contributed by atoms with Gasteiger partial charge in [0.05, 0.1) is 22.6 Å². The minimum Gasteiger partial charge on any atom is -0.507 e. The Labute approximate surface area is 202 Å². The van der Waals surface area contributed by atoms with Gasteiger partial charge in [-0.25, -0.2) is 4.98 Å². The highest BCUT2D eigenvalue weighted by atomic mass is 16.3. The van der Waals surface area contributed by atoms with E-state index in [0.29, 0.717) is 11.1 Å². The summed E-state index contributed by atoms with van der Waals surface area (Å²) in [6, 6.07) is 20.2. The number of rotatable bonds is 3. The number of aromatic amines is 1. The second-order valence-corrected chi connectivity index (χ2v) is 9.35. The van der Waals surface area contributed by atoms with Gasteiger partial charge in [-0.3, -0.25) is 14.5 Å². The minimum absolute atomic E-state index is 0.0804. The Hall–Kier alpha value is -4.19. The van der Waals surface area contributed by atoms with Crippen LogP contribution in [-0.4, -0.2) is 26.8 Å². The topological polar surface area (TPSA) is 86.3 Å². The number of anilines is 1. The van der Waals surface area contributed by atoms with Crippen molar-refractivity contribution in [2.24, 2.45) is 0 Å². The Kier molecular flexibility index (Phi) is 5.02. The number of carbonyl (C=O) groups is 2. The predicted molar refractivity (Wildman–Crippen MR) is 135 cm³/mol. The molecule has 2 aliphatic rings. The van der Waals surface area contributed by atoms with Gasteiger partial charge in [-0.05, 0) is 67.5 Å². The lowest BCUT2D eigenvalue weighted by Gasteiger charge is -2.23. The third-order valence-electron chi connectivity index (χ3n) is 7.03. The summed E-state index contributed by atoms with van der Waals surface area (Å²) in [7, 11) is 0. The van der Waals surface area contributed by atoms with Crippen molar-refractivity contribution in [3.63, 3.8) is 0 Å². The molecule has 1 saturated heterocycles. The fourth-order valence-electron chi connectivity index (χ4n) is 5.30. The monoisotopic (exact) mass is 463 g/mol. The van der Waals surface area contributed by atoms with Gasteiger partial charge in [-0.2, -0.15) is 0 Å². The first-order valence-electron chi connectivity index (χ1n) is 12.0. The molecule has 3 aromatic carbocycles. The number of aromatic nitrogens is 2. The molecule has 1 unspecified atom stereocenters. The Morgan fingerprint density at radius 3 is 2.57 bits per heavy atom. The third kappa shape index (κ3) is 3.53. The quantitative estimate of drug-likeness (QED) is 0.243. The van der Waals surface area contributed by atoms with E-state index >= 15 is 0 Å². The van der Waals surface area contributed by atoms with Gasteiger partial charge in [0.2, 0.25) is 5.95 Å². The van der Waals surface area contributed by atoms with Crippen molar-refractivity contribution in [3.05, 3.63) is 100 Å². The molecule has 1 fully saturated rings. The number of carbonyl (C=O) groups excluding carboxylic acids is 2. The molecule has 1 amide bonds. The standard InChI is InChI=1S/C29H25N3O3/c1-17-7-6-10-20(15-17)25-24(26(33)21-14-13-18-8-2-3-9-19(18)16-21)27(34)28(35)32(25)29-30-22-11-4-5-12-23(22)31-29/h4-7,10-16,25,33H,2-3,8-9H2,1H3,(H,30,31)/b26-24+. The van der Waals surface area contributed by atoms with Gasteiger partial charge in [0.15, 0.2) is 0 Å². The number of aliphatic hydroxyl groups is 1. The van der Waals surface area contributed by atoms with E-state index in [2.05, 4.69) is 9.97 Å². The van der Waals surface area contributed by atoms with Crippen LogP contribution in [-0.2, 0) is 22.4 Å². The number of para-hydroxylation sites is 2. The molecule has 1 aromatic heterocycles. The first-order valence-corrected chi connectivity index (χ1v) is 12.0. The normalized spacial score (nSPS) is 19.3. The van der Waals surface area contributed by atoms with E-state index < -0.39 is 17.7 Å². The number of imidazole rings is 1. The van der Waals surface area contributed by atoms with Crippen molar-refractivity contribution in [1.29, 1.82) is 0 Å². The van der Waals surface area contributed by atoms with Crippen LogP contribution in [0.2, 0.25) is 0 Å². The van der Waals surface area contributed by atoms with Crippen LogP contribution in [0, 0.1) is 6.92 Å². The highest BCUT2D eigenvalue weighted by molar-refractivity contribution is 6.51. The van der Waals surface area contributed by atoms with Crippen molar-refractivity contribution in [2.45, 2.75) is 38.6 Å². The first kappa shape index (κ1) is 21.4. The maximum atomic E-state index is 13.4. The van der Waals surface area contributed by atoms with E-state index in [9.17, 15) is 14.7 Å². The average molecular weight is 464 g/mol.